The first-order valence-corrected chi connectivity index (χ1v) is 8.95. The summed E-state index contributed by atoms with van der Waals surface area (Å²) in [6, 6.07) is 17.2. The first-order valence-electron chi connectivity index (χ1n) is 8.95. The number of ether oxygens (including phenoxy) is 1. The van der Waals surface area contributed by atoms with Crippen LogP contribution in [0.15, 0.2) is 54.6 Å². The Balaban J connectivity index is 1.57. The van der Waals surface area contributed by atoms with Crippen molar-refractivity contribution in [3.63, 3.8) is 0 Å². The standard InChI is InChI=1S/C21H24N2O3/c1-17(24)22-12-5-13-23(15-14-22)21(25)19-8-10-20(11-9-19)26-16-18-6-3-2-4-7-18/h2-4,6-11H,5,12-16H2,1H3. The monoisotopic (exact) mass is 352 g/mol. The Kier molecular flexibility index (Phi) is 5.89. The summed E-state index contributed by atoms with van der Waals surface area (Å²) in [4.78, 5) is 27.8. The lowest BCUT2D eigenvalue weighted by Gasteiger charge is -2.21. The van der Waals surface area contributed by atoms with Crippen molar-refractivity contribution < 1.29 is 14.3 Å². The largest absolute Gasteiger partial charge is 0.489 e. The van der Waals surface area contributed by atoms with Crippen molar-refractivity contribution in [3.05, 3.63) is 65.7 Å². The molecule has 5 heteroatoms. The molecule has 2 amide bonds. The van der Waals surface area contributed by atoms with Gasteiger partial charge in [-0.1, -0.05) is 30.3 Å². The minimum absolute atomic E-state index is 0.00464. The third kappa shape index (κ3) is 4.63. The van der Waals surface area contributed by atoms with Crippen molar-refractivity contribution in [1.29, 1.82) is 0 Å². The van der Waals surface area contributed by atoms with Gasteiger partial charge in [-0.3, -0.25) is 9.59 Å². The Bertz CT molecular complexity index is 744. The molecule has 0 spiro atoms. The van der Waals surface area contributed by atoms with E-state index in [-0.39, 0.29) is 11.8 Å². The van der Waals surface area contributed by atoms with Gasteiger partial charge in [0.25, 0.3) is 5.91 Å². The molecule has 2 aromatic rings. The van der Waals surface area contributed by atoms with Crippen LogP contribution in [0.4, 0.5) is 0 Å². The molecule has 0 unspecified atom stereocenters. The Morgan fingerprint density at radius 3 is 2.23 bits per heavy atom. The molecule has 0 bridgehead atoms. The van der Waals surface area contributed by atoms with Crippen LogP contribution in [0.1, 0.15) is 29.3 Å². The van der Waals surface area contributed by atoms with Gasteiger partial charge < -0.3 is 14.5 Å². The van der Waals surface area contributed by atoms with Crippen LogP contribution in [0.5, 0.6) is 5.75 Å². The van der Waals surface area contributed by atoms with Gasteiger partial charge >= 0.3 is 0 Å². The lowest BCUT2D eigenvalue weighted by molar-refractivity contribution is -0.128. The van der Waals surface area contributed by atoms with Gasteiger partial charge in [0.1, 0.15) is 12.4 Å². The Morgan fingerprint density at radius 2 is 1.54 bits per heavy atom. The highest BCUT2D eigenvalue weighted by molar-refractivity contribution is 5.94. The fourth-order valence-electron chi connectivity index (χ4n) is 3.05. The fourth-order valence-corrected chi connectivity index (χ4v) is 3.05. The molecule has 0 aliphatic carbocycles. The first-order chi connectivity index (χ1) is 12.6. The zero-order chi connectivity index (χ0) is 18.4. The molecule has 26 heavy (non-hydrogen) atoms. The lowest BCUT2D eigenvalue weighted by Crippen LogP contribution is -2.36. The van der Waals surface area contributed by atoms with Crippen LogP contribution in [0.3, 0.4) is 0 Å². The van der Waals surface area contributed by atoms with Gasteiger partial charge in [-0.2, -0.15) is 0 Å². The van der Waals surface area contributed by atoms with Crippen LogP contribution in [0, 0.1) is 0 Å². The molecule has 1 heterocycles. The highest BCUT2D eigenvalue weighted by Crippen LogP contribution is 2.16. The summed E-state index contributed by atoms with van der Waals surface area (Å²) in [5.41, 5.74) is 1.75. The maximum atomic E-state index is 12.7. The van der Waals surface area contributed by atoms with Gasteiger partial charge in [0.15, 0.2) is 0 Å². The zero-order valence-corrected chi connectivity index (χ0v) is 15.1. The van der Waals surface area contributed by atoms with Gasteiger partial charge in [0.2, 0.25) is 5.91 Å². The number of amides is 2. The Morgan fingerprint density at radius 1 is 0.885 bits per heavy atom. The number of carbonyl (C=O) groups is 2. The number of hydrogen-bond acceptors (Lipinski definition) is 3. The number of benzene rings is 2. The molecule has 1 aliphatic rings. The normalized spacial score (nSPS) is 14.7. The van der Waals surface area contributed by atoms with Crippen LogP contribution < -0.4 is 4.74 Å². The Hall–Kier alpha value is -2.82. The van der Waals surface area contributed by atoms with E-state index in [9.17, 15) is 9.59 Å². The zero-order valence-electron chi connectivity index (χ0n) is 15.1. The number of rotatable bonds is 4. The molecular formula is C21H24N2O3. The Labute approximate surface area is 154 Å². The summed E-state index contributed by atoms with van der Waals surface area (Å²) in [7, 11) is 0. The minimum Gasteiger partial charge on any atom is -0.489 e. The van der Waals surface area contributed by atoms with Crippen LogP contribution >= 0.6 is 0 Å². The molecule has 0 N–H and O–H groups in total. The molecule has 0 radical (unpaired) electrons. The van der Waals surface area contributed by atoms with Crippen molar-refractivity contribution in [3.8, 4) is 5.75 Å². The summed E-state index contributed by atoms with van der Waals surface area (Å²) < 4.78 is 5.76. The van der Waals surface area contributed by atoms with E-state index in [4.69, 9.17) is 4.74 Å². The van der Waals surface area contributed by atoms with Crippen LogP contribution in [0.25, 0.3) is 0 Å². The molecule has 1 aliphatic heterocycles. The van der Waals surface area contributed by atoms with Crippen molar-refractivity contribution in [1.82, 2.24) is 9.80 Å². The minimum atomic E-state index is 0.00464. The summed E-state index contributed by atoms with van der Waals surface area (Å²) in [6.45, 7) is 4.64. The summed E-state index contributed by atoms with van der Waals surface area (Å²) in [5, 5.41) is 0. The van der Waals surface area contributed by atoms with Crippen molar-refractivity contribution in [2.45, 2.75) is 20.0 Å². The highest BCUT2D eigenvalue weighted by atomic mass is 16.5. The maximum absolute atomic E-state index is 12.7. The van der Waals surface area contributed by atoms with Crippen LogP contribution in [0.2, 0.25) is 0 Å². The van der Waals surface area contributed by atoms with Gasteiger partial charge in [0.05, 0.1) is 0 Å². The molecule has 5 nitrogen and oxygen atoms in total. The molecule has 2 aromatic carbocycles. The molecule has 1 fully saturated rings. The van der Waals surface area contributed by atoms with Gasteiger partial charge in [0, 0.05) is 38.7 Å². The number of nitrogens with zero attached hydrogens (tertiary/aromatic N) is 2. The molecule has 3 rings (SSSR count). The second kappa shape index (κ2) is 8.52. The van der Waals surface area contributed by atoms with E-state index in [0.29, 0.717) is 38.3 Å². The smallest absolute Gasteiger partial charge is 0.253 e. The van der Waals surface area contributed by atoms with Crippen LogP contribution in [-0.4, -0.2) is 47.8 Å². The number of carbonyl (C=O) groups excluding carboxylic acids is 2. The van der Waals surface area contributed by atoms with Crippen molar-refractivity contribution >= 4 is 11.8 Å². The molecule has 0 saturated carbocycles. The second-order valence-corrected chi connectivity index (χ2v) is 6.45. The third-order valence-electron chi connectivity index (χ3n) is 4.58. The fraction of sp³-hybridized carbons (Fsp3) is 0.333. The number of hydrogen-bond donors (Lipinski definition) is 0. The van der Waals surface area contributed by atoms with E-state index in [1.165, 1.54) is 0 Å². The quantitative estimate of drug-likeness (QED) is 0.850. The van der Waals surface area contributed by atoms with Crippen LogP contribution in [-0.2, 0) is 11.4 Å². The van der Waals surface area contributed by atoms with E-state index < -0.39 is 0 Å². The highest BCUT2D eigenvalue weighted by Gasteiger charge is 2.21. The molecule has 1 saturated heterocycles. The van der Waals surface area contributed by atoms with E-state index in [1.54, 1.807) is 24.0 Å². The predicted molar refractivity (Wildman–Crippen MR) is 100.0 cm³/mol. The molecule has 0 aromatic heterocycles. The van der Waals surface area contributed by atoms with E-state index in [2.05, 4.69) is 0 Å². The van der Waals surface area contributed by atoms with Crippen molar-refractivity contribution in [2.24, 2.45) is 0 Å². The predicted octanol–water partition coefficient (Wildman–Crippen LogP) is 2.96. The van der Waals surface area contributed by atoms with Gasteiger partial charge in [-0.15, -0.1) is 0 Å². The summed E-state index contributed by atoms with van der Waals surface area (Å²) in [6.07, 6.45) is 0.809. The average Bonchev–Trinajstić information content (AvgIpc) is 2.93. The topological polar surface area (TPSA) is 49.9 Å². The van der Waals surface area contributed by atoms with Gasteiger partial charge in [-0.05, 0) is 36.2 Å². The first kappa shape index (κ1) is 18.0. The maximum Gasteiger partial charge on any atom is 0.253 e. The van der Waals surface area contributed by atoms with Crippen molar-refractivity contribution in [2.75, 3.05) is 26.2 Å². The van der Waals surface area contributed by atoms with E-state index in [0.717, 1.165) is 17.7 Å². The average molecular weight is 352 g/mol. The van der Waals surface area contributed by atoms with E-state index >= 15 is 0 Å². The molecule has 0 atom stereocenters. The molecule has 136 valence electrons. The third-order valence-corrected chi connectivity index (χ3v) is 4.58. The van der Waals surface area contributed by atoms with E-state index in [1.807, 2.05) is 47.4 Å². The lowest BCUT2D eigenvalue weighted by atomic mass is 10.2. The molecular weight excluding hydrogens is 328 g/mol. The SMILES string of the molecule is CC(=O)N1CCCN(C(=O)c2ccc(OCc3ccccc3)cc2)CC1. The second-order valence-electron chi connectivity index (χ2n) is 6.45. The summed E-state index contributed by atoms with van der Waals surface area (Å²) >= 11 is 0. The van der Waals surface area contributed by atoms with Gasteiger partial charge in [-0.25, -0.2) is 0 Å². The summed E-state index contributed by atoms with van der Waals surface area (Å²) in [5.74, 6) is 0.813.